The number of para-hydroxylation sites is 2. The van der Waals surface area contributed by atoms with Crippen molar-refractivity contribution in [3.05, 3.63) is 112 Å². The van der Waals surface area contributed by atoms with Crippen LogP contribution in [0, 0.1) is 17.7 Å². The van der Waals surface area contributed by atoms with E-state index < -0.39 is 0 Å². The minimum absolute atomic E-state index is 1.17. The number of imidazole rings is 1. The number of hydrogen-bond donors (Lipinski definition) is 0. The zero-order chi connectivity index (χ0) is 21.8. The molecule has 0 N–H and O–H groups in total. The van der Waals surface area contributed by atoms with Gasteiger partial charge in [0, 0.05) is 18.1 Å². The number of aryl methyl sites for hydroxylation is 1. The van der Waals surface area contributed by atoms with Crippen molar-refractivity contribution in [3.63, 3.8) is 0 Å². The lowest BCUT2D eigenvalue weighted by Crippen LogP contribution is -2.37. The van der Waals surface area contributed by atoms with Crippen LogP contribution in [0.5, 0.6) is 0 Å². The maximum Gasteiger partial charge on any atom is 0.328 e. The molecule has 0 saturated carbocycles. The maximum absolute atomic E-state index is 2.52. The molecule has 154 valence electrons. The summed E-state index contributed by atoms with van der Waals surface area (Å²) in [6.07, 6.45) is 0. The molecule has 1 aliphatic heterocycles. The number of aromatic nitrogens is 2. The zero-order valence-electron chi connectivity index (χ0n) is 18.0. The zero-order valence-corrected chi connectivity index (χ0v) is 20.2. The van der Waals surface area contributed by atoms with E-state index in [0.29, 0.717) is 0 Å². The highest BCUT2D eigenvalue weighted by atomic mass is 127. The van der Waals surface area contributed by atoms with Crippen LogP contribution >= 0.6 is 22.6 Å². The van der Waals surface area contributed by atoms with Gasteiger partial charge < -0.3 is 0 Å². The van der Waals surface area contributed by atoms with E-state index in [0.717, 1.165) is 0 Å². The first-order valence-electron chi connectivity index (χ1n) is 10.8. The first kappa shape index (κ1) is 19.5. The molecule has 0 unspecified atom stereocenters. The van der Waals surface area contributed by atoms with Crippen molar-refractivity contribution in [2.75, 3.05) is 0 Å². The molecule has 6 rings (SSSR count). The fourth-order valence-electron chi connectivity index (χ4n) is 5.00. The van der Waals surface area contributed by atoms with Gasteiger partial charge in [-0.2, -0.15) is 9.13 Å². The van der Waals surface area contributed by atoms with E-state index in [-0.39, 0.29) is 0 Å². The number of fused-ring (bicyclic) bond motifs is 8. The Morgan fingerprint density at radius 3 is 1.78 bits per heavy atom. The van der Waals surface area contributed by atoms with Crippen LogP contribution in [0.15, 0.2) is 97.1 Å². The summed E-state index contributed by atoms with van der Waals surface area (Å²) in [5.41, 5.74) is 12.5. The van der Waals surface area contributed by atoms with Gasteiger partial charge in [0.1, 0.15) is 11.4 Å². The largest absolute Gasteiger partial charge is 0.328 e. The SMILES string of the molecule is Cc1ccccc1-n1c(C)c2[n+](c1I)-c1ccccc1-c1ccccc1-c1ccccc1-2. The summed E-state index contributed by atoms with van der Waals surface area (Å²) >= 11 is 2.52. The van der Waals surface area contributed by atoms with Crippen LogP contribution in [0.1, 0.15) is 11.3 Å². The predicted octanol–water partition coefficient (Wildman–Crippen LogP) is 7.29. The van der Waals surface area contributed by atoms with Crippen LogP contribution in [0.3, 0.4) is 0 Å². The Bertz CT molecular complexity index is 1420. The molecule has 0 saturated heterocycles. The molecule has 0 aliphatic carbocycles. The van der Waals surface area contributed by atoms with Crippen molar-refractivity contribution in [2.45, 2.75) is 13.8 Å². The normalized spacial score (nSPS) is 11.6. The molecule has 0 atom stereocenters. The third-order valence-electron chi connectivity index (χ3n) is 6.46. The van der Waals surface area contributed by atoms with E-state index in [1.54, 1.807) is 0 Å². The molecule has 0 spiro atoms. The van der Waals surface area contributed by atoms with Gasteiger partial charge in [-0.3, -0.25) is 0 Å². The smallest absolute Gasteiger partial charge is 0.187 e. The highest BCUT2D eigenvalue weighted by Crippen LogP contribution is 2.43. The second-order valence-corrected chi connectivity index (χ2v) is 9.23. The Morgan fingerprint density at radius 2 is 1.09 bits per heavy atom. The molecule has 3 heteroatoms. The van der Waals surface area contributed by atoms with E-state index in [1.807, 2.05) is 0 Å². The van der Waals surface area contributed by atoms with Crippen LogP contribution in [0.4, 0.5) is 0 Å². The molecule has 2 nitrogen and oxygen atoms in total. The Hall–Kier alpha value is -3.18. The molecule has 0 radical (unpaired) electrons. The van der Waals surface area contributed by atoms with Crippen LogP contribution in [0.25, 0.3) is 44.9 Å². The van der Waals surface area contributed by atoms with Crippen molar-refractivity contribution in [1.29, 1.82) is 0 Å². The van der Waals surface area contributed by atoms with Crippen molar-refractivity contribution in [3.8, 4) is 44.9 Å². The van der Waals surface area contributed by atoms with Crippen molar-refractivity contribution < 1.29 is 4.57 Å². The van der Waals surface area contributed by atoms with Crippen molar-refractivity contribution in [1.82, 2.24) is 4.57 Å². The van der Waals surface area contributed by atoms with Gasteiger partial charge in [-0.25, -0.2) is 0 Å². The third-order valence-corrected chi connectivity index (χ3v) is 7.43. The Kier molecular flexibility index (Phi) is 4.54. The molecule has 0 bridgehead atoms. The van der Waals surface area contributed by atoms with Gasteiger partial charge in [0.25, 0.3) is 0 Å². The average Bonchev–Trinajstić information content (AvgIpc) is 3.08. The maximum atomic E-state index is 2.52. The first-order chi connectivity index (χ1) is 15.7. The van der Waals surface area contributed by atoms with Gasteiger partial charge >= 0.3 is 3.83 Å². The molecule has 1 aromatic heterocycles. The van der Waals surface area contributed by atoms with Gasteiger partial charge in [-0.05, 0) is 47.4 Å². The topological polar surface area (TPSA) is 8.81 Å². The fourth-order valence-corrected chi connectivity index (χ4v) is 6.12. The summed E-state index contributed by atoms with van der Waals surface area (Å²) in [6, 6.07) is 35.0. The highest BCUT2D eigenvalue weighted by Gasteiger charge is 2.34. The Balaban J connectivity index is 1.82. The lowest BCUT2D eigenvalue weighted by molar-refractivity contribution is -0.597. The second-order valence-electron chi connectivity index (χ2n) is 8.27. The van der Waals surface area contributed by atoms with Crippen LogP contribution in [-0.4, -0.2) is 4.57 Å². The van der Waals surface area contributed by atoms with Gasteiger partial charge in [0.05, 0.1) is 22.6 Å². The minimum Gasteiger partial charge on any atom is -0.187 e. The molecule has 0 amide bonds. The number of hydrogen-bond acceptors (Lipinski definition) is 0. The number of nitrogens with zero attached hydrogens (tertiary/aromatic N) is 2. The van der Waals surface area contributed by atoms with Gasteiger partial charge in [-0.1, -0.05) is 78.9 Å². The van der Waals surface area contributed by atoms with Crippen LogP contribution in [-0.2, 0) is 0 Å². The molecule has 1 aliphatic rings. The predicted molar refractivity (Wildman–Crippen MR) is 139 cm³/mol. The monoisotopic (exact) mass is 525 g/mol. The molecule has 4 aromatic carbocycles. The molecular weight excluding hydrogens is 503 g/mol. The fraction of sp³-hybridized carbons (Fsp3) is 0.0690. The highest BCUT2D eigenvalue weighted by molar-refractivity contribution is 14.1. The standard InChI is InChI=1S/C29H22IN2/c1-19-11-3-9-17-26(19)31-20(2)28-25-16-7-6-14-23(25)21-12-4-5-13-22(21)24-15-8-10-18-27(24)32(28)29(31)30/h3-18H,1-2H3/q+1. The van der Waals surface area contributed by atoms with Crippen molar-refractivity contribution in [2.24, 2.45) is 0 Å². The van der Waals surface area contributed by atoms with Crippen molar-refractivity contribution >= 4 is 22.6 Å². The molecule has 32 heavy (non-hydrogen) atoms. The molecular formula is C29H22IN2+. The molecule has 5 aromatic rings. The summed E-state index contributed by atoms with van der Waals surface area (Å²) in [5, 5.41) is 0. The Morgan fingerprint density at radius 1 is 0.594 bits per heavy atom. The number of benzene rings is 4. The van der Waals surface area contributed by atoms with E-state index in [4.69, 9.17) is 0 Å². The van der Waals surface area contributed by atoms with Crippen LogP contribution in [0.2, 0.25) is 0 Å². The summed E-state index contributed by atoms with van der Waals surface area (Å²) in [5.74, 6) is 0. The lowest BCUT2D eigenvalue weighted by Gasteiger charge is -2.19. The van der Waals surface area contributed by atoms with E-state index in [2.05, 4.69) is 143 Å². The number of halogens is 1. The summed E-state index contributed by atoms with van der Waals surface area (Å²) < 4.78 is 6.01. The second kappa shape index (κ2) is 7.45. The third kappa shape index (κ3) is 2.74. The Labute approximate surface area is 201 Å². The number of rotatable bonds is 1. The quantitative estimate of drug-likeness (QED) is 0.158. The molecule has 0 fully saturated rings. The van der Waals surface area contributed by atoms with E-state index >= 15 is 0 Å². The van der Waals surface area contributed by atoms with Gasteiger partial charge in [-0.15, -0.1) is 0 Å². The van der Waals surface area contributed by atoms with Gasteiger partial charge in [0.15, 0.2) is 11.4 Å². The summed E-state index contributed by atoms with van der Waals surface area (Å²) in [7, 11) is 0. The average molecular weight is 525 g/mol. The molecule has 2 heterocycles. The van der Waals surface area contributed by atoms with Gasteiger partial charge in [0.2, 0.25) is 0 Å². The summed E-state index contributed by atoms with van der Waals surface area (Å²) in [4.78, 5) is 0. The van der Waals surface area contributed by atoms with E-state index in [9.17, 15) is 0 Å². The van der Waals surface area contributed by atoms with Crippen LogP contribution < -0.4 is 4.57 Å². The minimum atomic E-state index is 1.17. The summed E-state index contributed by atoms with van der Waals surface area (Å²) in [6.45, 7) is 4.43. The lowest BCUT2D eigenvalue weighted by atomic mass is 9.88. The first-order valence-corrected chi connectivity index (χ1v) is 11.9. The van der Waals surface area contributed by atoms with E-state index in [1.165, 1.54) is 60.0 Å².